The average Bonchev–Trinajstić information content (AvgIpc) is 3.03. The number of nitrogens with zero attached hydrogens (tertiary/aromatic N) is 4. The minimum absolute atomic E-state index is 0.0625. The van der Waals surface area contributed by atoms with E-state index in [0.717, 1.165) is 23.9 Å². The molecule has 158 valence electrons. The van der Waals surface area contributed by atoms with Gasteiger partial charge in [-0.05, 0) is 25.1 Å². The van der Waals surface area contributed by atoms with E-state index in [-0.39, 0.29) is 10.7 Å². The second-order valence-electron chi connectivity index (χ2n) is 6.38. The van der Waals surface area contributed by atoms with Gasteiger partial charge in [0.15, 0.2) is 5.16 Å². The van der Waals surface area contributed by atoms with Crippen molar-refractivity contribution in [1.29, 1.82) is 0 Å². The van der Waals surface area contributed by atoms with Crippen molar-refractivity contribution in [2.45, 2.75) is 23.5 Å². The first-order chi connectivity index (χ1) is 13.7. The summed E-state index contributed by atoms with van der Waals surface area (Å²) >= 11 is 6.78. The van der Waals surface area contributed by atoms with Crippen LogP contribution in [0.3, 0.4) is 0 Å². The summed E-state index contributed by atoms with van der Waals surface area (Å²) in [5.74, 6) is 0.0687. The molecule has 29 heavy (non-hydrogen) atoms. The van der Waals surface area contributed by atoms with Crippen LogP contribution in [-0.2, 0) is 22.8 Å². The van der Waals surface area contributed by atoms with Crippen molar-refractivity contribution in [3.63, 3.8) is 0 Å². The fraction of sp³-hybridized carbons (Fsp3) is 0.471. The van der Waals surface area contributed by atoms with Crippen LogP contribution in [0, 0.1) is 0 Å². The number of halogens is 4. The van der Waals surface area contributed by atoms with Gasteiger partial charge in [0.2, 0.25) is 11.9 Å². The van der Waals surface area contributed by atoms with Crippen molar-refractivity contribution < 1.29 is 22.7 Å². The maximum absolute atomic E-state index is 13.2. The lowest BCUT2D eigenvalue weighted by atomic mass is 10.1. The van der Waals surface area contributed by atoms with Crippen LogP contribution >= 0.6 is 23.4 Å². The van der Waals surface area contributed by atoms with E-state index in [0.29, 0.717) is 37.4 Å². The Labute approximate surface area is 174 Å². The number of ether oxygens (including phenoxy) is 1. The SMILES string of the molecule is CC(Sc1nnc(N2CCOCC2)n1C)C(=O)Nc1ccc(Cl)cc1C(F)(F)F. The number of carbonyl (C=O) groups is 1. The number of alkyl halides is 3. The van der Waals surface area contributed by atoms with Gasteiger partial charge in [0, 0.05) is 25.2 Å². The number of rotatable bonds is 5. The monoisotopic (exact) mass is 449 g/mol. The first kappa shape index (κ1) is 21.7. The standard InChI is InChI=1S/C17H19ClF3N5O2S/c1-10(14(27)22-13-4-3-11(18)9-12(13)17(19,20)21)29-16-24-23-15(25(16)2)26-5-7-28-8-6-26/h3-4,9-10H,5-8H2,1-2H3,(H,22,27). The van der Waals surface area contributed by atoms with E-state index in [2.05, 4.69) is 15.5 Å². The molecule has 2 aromatic rings. The lowest BCUT2D eigenvalue weighted by molar-refractivity contribution is -0.137. The first-order valence-corrected chi connectivity index (χ1v) is 9.99. The van der Waals surface area contributed by atoms with Crippen LogP contribution in [0.5, 0.6) is 0 Å². The topological polar surface area (TPSA) is 72.3 Å². The van der Waals surface area contributed by atoms with Gasteiger partial charge in [-0.25, -0.2) is 0 Å². The van der Waals surface area contributed by atoms with Crippen molar-refractivity contribution >= 4 is 40.9 Å². The van der Waals surface area contributed by atoms with Gasteiger partial charge in [0.1, 0.15) is 0 Å². The Bertz CT molecular complexity index is 886. The lowest BCUT2D eigenvalue weighted by Gasteiger charge is -2.27. The number of hydrogen-bond donors (Lipinski definition) is 1. The van der Waals surface area contributed by atoms with E-state index >= 15 is 0 Å². The highest BCUT2D eigenvalue weighted by molar-refractivity contribution is 8.00. The molecule has 1 N–H and O–H groups in total. The number of thioether (sulfide) groups is 1. The number of nitrogens with one attached hydrogen (secondary N) is 1. The predicted octanol–water partition coefficient (Wildman–Crippen LogP) is 3.44. The second kappa shape index (κ2) is 8.80. The quantitative estimate of drug-likeness (QED) is 0.705. The Balaban J connectivity index is 1.70. The van der Waals surface area contributed by atoms with Crippen molar-refractivity contribution in [1.82, 2.24) is 14.8 Å². The van der Waals surface area contributed by atoms with Gasteiger partial charge in [-0.15, -0.1) is 10.2 Å². The molecule has 1 unspecified atom stereocenters. The number of hydrogen-bond acceptors (Lipinski definition) is 6. The fourth-order valence-electron chi connectivity index (χ4n) is 2.75. The molecule has 7 nitrogen and oxygen atoms in total. The Hall–Kier alpha value is -1.98. The summed E-state index contributed by atoms with van der Waals surface area (Å²) in [7, 11) is 1.78. The Morgan fingerprint density at radius 3 is 2.66 bits per heavy atom. The van der Waals surface area contributed by atoms with Crippen molar-refractivity contribution in [3.8, 4) is 0 Å². The molecule has 0 radical (unpaired) electrons. The second-order valence-corrected chi connectivity index (χ2v) is 8.12. The third kappa shape index (κ3) is 5.14. The highest BCUT2D eigenvalue weighted by Crippen LogP contribution is 2.37. The molecule has 1 aliphatic rings. The zero-order chi connectivity index (χ0) is 21.2. The van der Waals surface area contributed by atoms with Gasteiger partial charge in [0.25, 0.3) is 0 Å². The molecule has 1 aromatic carbocycles. The third-order valence-electron chi connectivity index (χ3n) is 4.30. The number of amides is 1. The molecule has 3 rings (SSSR count). The van der Waals surface area contributed by atoms with Crippen LogP contribution in [-0.4, -0.2) is 52.2 Å². The molecule has 1 atom stereocenters. The number of morpholine rings is 1. The molecular formula is C17H19ClF3N5O2S. The molecule has 1 aromatic heterocycles. The van der Waals surface area contributed by atoms with E-state index in [1.165, 1.54) is 6.07 Å². The summed E-state index contributed by atoms with van der Waals surface area (Å²) in [6, 6.07) is 3.22. The molecule has 1 fully saturated rings. The van der Waals surface area contributed by atoms with Gasteiger partial charge in [-0.3, -0.25) is 9.36 Å². The van der Waals surface area contributed by atoms with Gasteiger partial charge < -0.3 is 15.0 Å². The minimum Gasteiger partial charge on any atom is -0.378 e. The maximum Gasteiger partial charge on any atom is 0.418 e. The largest absolute Gasteiger partial charge is 0.418 e. The summed E-state index contributed by atoms with van der Waals surface area (Å²) < 4.78 is 46.7. The van der Waals surface area contributed by atoms with E-state index in [9.17, 15) is 18.0 Å². The zero-order valence-corrected chi connectivity index (χ0v) is 17.2. The van der Waals surface area contributed by atoms with Crippen LogP contribution in [0.1, 0.15) is 12.5 Å². The first-order valence-electron chi connectivity index (χ1n) is 8.73. The van der Waals surface area contributed by atoms with Gasteiger partial charge >= 0.3 is 6.18 Å². The number of aromatic nitrogens is 3. The highest BCUT2D eigenvalue weighted by atomic mass is 35.5. The summed E-state index contributed by atoms with van der Waals surface area (Å²) in [4.78, 5) is 14.5. The van der Waals surface area contributed by atoms with Crippen LogP contribution in [0.4, 0.5) is 24.8 Å². The normalized spacial score (nSPS) is 16.0. The van der Waals surface area contributed by atoms with Crippen molar-refractivity contribution in [3.05, 3.63) is 28.8 Å². The fourth-order valence-corrected chi connectivity index (χ4v) is 3.74. The van der Waals surface area contributed by atoms with Gasteiger partial charge in [-0.2, -0.15) is 13.2 Å². The van der Waals surface area contributed by atoms with Crippen LogP contribution in [0.25, 0.3) is 0 Å². The van der Waals surface area contributed by atoms with Crippen molar-refractivity contribution in [2.24, 2.45) is 7.05 Å². The summed E-state index contributed by atoms with van der Waals surface area (Å²) in [6.45, 7) is 4.15. The average molecular weight is 450 g/mol. The van der Waals surface area contributed by atoms with Crippen LogP contribution in [0.2, 0.25) is 5.02 Å². The number of anilines is 2. The molecule has 1 saturated heterocycles. The third-order valence-corrected chi connectivity index (χ3v) is 5.67. The smallest absolute Gasteiger partial charge is 0.378 e. The Kier molecular flexibility index (Phi) is 6.59. The predicted molar refractivity (Wildman–Crippen MR) is 104 cm³/mol. The van der Waals surface area contributed by atoms with Crippen molar-refractivity contribution in [2.75, 3.05) is 36.5 Å². The summed E-state index contributed by atoms with van der Waals surface area (Å²) in [5, 5.41) is 10.3. The van der Waals surface area contributed by atoms with E-state index in [1.54, 1.807) is 18.5 Å². The Morgan fingerprint density at radius 2 is 2.00 bits per heavy atom. The highest BCUT2D eigenvalue weighted by Gasteiger charge is 2.34. The summed E-state index contributed by atoms with van der Waals surface area (Å²) in [5.41, 5.74) is -1.34. The molecule has 1 amide bonds. The molecule has 12 heteroatoms. The molecule has 0 spiro atoms. The number of benzene rings is 1. The summed E-state index contributed by atoms with van der Waals surface area (Å²) in [6.07, 6.45) is -4.64. The molecule has 0 saturated carbocycles. The number of carbonyl (C=O) groups excluding carboxylic acids is 1. The molecular weight excluding hydrogens is 431 g/mol. The van der Waals surface area contributed by atoms with E-state index < -0.39 is 22.9 Å². The van der Waals surface area contributed by atoms with E-state index in [4.69, 9.17) is 16.3 Å². The van der Waals surface area contributed by atoms with E-state index in [1.807, 2.05) is 4.90 Å². The molecule has 2 heterocycles. The van der Waals surface area contributed by atoms with Crippen LogP contribution < -0.4 is 10.2 Å². The lowest BCUT2D eigenvalue weighted by Crippen LogP contribution is -2.37. The van der Waals surface area contributed by atoms with Crippen LogP contribution in [0.15, 0.2) is 23.4 Å². The molecule has 1 aliphatic heterocycles. The van der Waals surface area contributed by atoms with Gasteiger partial charge in [0.05, 0.1) is 29.7 Å². The maximum atomic E-state index is 13.2. The van der Waals surface area contributed by atoms with Gasteiger partial charge in [-0.1, -0.05) is 23.4 Å². The minimum atomic E-state index is -4.64. The zero-order valence-electron chi connectivity index (χ0n) is 15.7. The molecule has 0 aliphatic carbocycles. The molecule has 0 bridgehead atoms. The Morgan fingerprint density at radius 1 is 1.31 bits per heavy atom.